The third-order valence-electron chi connectivity index (χ3n) is 2.11. The molecule has 0 saturated heterocycles. The van der Waals surface area contributed by atoms with Crippen molar-refractivity contribution < 1.29 is 14.3 Å². The van der Waals surface area contributed by atoms with Gasteiger partial charge in [-0.05, 0) is 11.8 Å². The molecule has 0 aliphatic carbocycles. The fourth-order valence-electron chi connectivity index (χ4n) is 1.07. The zero-order chi connectivity index (χ0) is 11.7. The molecule has 0 amide bonds. The Morgan fingerprint density at radius 1 is 1.07 bits per heavy atom. The highest BCUT2D eigenvalue weighted by molar-refractivity contribution is 5.78. The Balaban J connectivity index is 3.34. The molecule has 0 aliphatic heterocycles. The van der Waals surface area contributed by atoms with Gasteiger partial charge in [-0.2, -0.15) is 0 Å². The van der Waals surface area contributed by atoms with E-state index in [1.807, 2.05) is 0 Å². The van der Waals surface area contributed by atoms with Crippen molar-refractivity contribution in [1.82, 2.24) is 0 Å². The first-order chi connectivity index (χ1) is 6.95. The second-order valence-corrected chi connectivity index (χ2v) is 4.95. The van der Waals surface area contributed by atoms with Crippen molar-refractivity contribution in [2.75, 3.05) is 26.9 Å². The Labute approximate surface area is 93.1 Å². The van der Waals surface area contributed by atoms with Gasteiger partial charge in [-0.25, -0.2) is 0 Å². The van der Waals surface area contributed by atoms with Crippen molar-refractivity contribution in [2.45, 2.75) is 40.0 Å². The van der Waals surface area contributed by atoms with E-state index in [4.69, 9.17) is 9.47 Å². The van der Waals surface area contributed by atoms with Crippen molar-refractivity contribution in [3.8, 4) is 0 Å². The van der Waals surface area contributed by atoms with E-state index in [1.165, 1.54) is 0 Å². The zero-order valence-corrected chi connectivity index (χ0v) is 10.5. The van der Waals surface area contributed by atoms with Crippen molar-refractivity contribution in [3.63, 3.8) is 0 Å². The molecule has 0 fully saturated rings. The maximum Gasteiger partial charge on any atom is 0.135 e. The molecule has 0 spiro atoms. The number of methoxy groups -OCH3 is 1. The van der Waals surface area contributed by atoms with Crippen molar-refractivity contribution in [3.05, 3.63) is 0 Å². The Morgan fingerprint density at radius 3 is 2.27 bits per heavy atom. The molecule has 0 aromatic carbocycles. The Kier molecular flexibility index (Phi) is 7.61. The van der Waals surface area contributed by atoms with Gasteiger partial charge in [0.2, 0.25) is 0 Å². The van der Waals surface area contributed by atoms with Gasteiger partial charge >= 0.3 is 0 Å². The topological polar surface area (TPSA) is 35.5 Å². The lowest BCUT2D eigenvalue weighted by Gasteiger charge is -2.16. The van der Waals surface area contributed by atoms with Crippen LogP contribution in [-0.2, 0) is 14.3 Å². The summed E-state index contributed by atoms with van der Waals surface area (Å²) in [5.74, 6) is 0.294. The number of rotatable bonds is 8. The van der Waals surface area contributed by atoms with E-state index in [9.17, 15) is 4.79 Å². The summed E-state index contributed by atoms with van der Waals surface area (Å²) in [5.41, 5.74) is 0.243. The molecule has 0 atom stereocenters. The lowest BCUT2D eigenvalue weighted by Crippen LogP contribution is -2.11. The highest BCUT2D eigenvalue weighted by Crippen LogP contribution is 2.20. The normalized spacial score (nSPS) is 11.7. The summed E-state index contributed by atoms with van der Waals surface area (Å²) in [6, 6.07) is 0. The Bertz CT molecular complexity index is 170. The third kappa shape index (κ3) is 11.5. The minimum Gasteiger partial charge on any atom is -0.382 e. The van der Waals surface area contributed by atoms with Crippen LogP contribution in [0.15, 0.2) is 0 Å². The molecule has 0 rings (SSSR count). The molecule has 0 bridgehead atoms. The molecule has 0 aromatic heterocycles. The third-order valence-corrected chi connectivity index (χ3v) is 2.11. The van der Waals surface area contributed by atoms with Crippen LogP contribution in [0.3, 0.4) is 0 Å². The van der Waals surface area contributed by atoms with Gasteiger partial charge in [-0.1, -0.05) is 20.8 Å². The van der Waals surface area contributed by atoms with Crippen LogP contribution in [0, 0.1) is 5.41 Å². The van der Waals surface area contributed by atoms with Crippen LogP contribution in [-0.4, -0.2) is 32.7 Å². The van der Waals surface area contributed by atoms with Gasteiger partial charge < -0.3 is 9.47 Å². The number of hydrogen-bond acceptors (Lipinski definition) is 3. The molecular formula is C12H24O3. The van der Waals surface area contributed by atoms with Gasteiger partial charge in [0.05, 0.1) is 19.8 Å². The number of carbonyl (C=O) groups excluding carboxylic acids is 1. The minimum atomic E-state index is 0.243. The number of ether oxygens (including phenoxy) is 2. The summed E-state index contributed by atoms with van der Waals surface area (Å²) in [6.45, 7) is 8.13. The summed E-state index contributed by atoms with van der Waals surface area (Å²) in [6.07, 6.45) is 2.14. The quantitative estimate of drug-likeness (QED) is 0.585. The van der Waals surface area contributed by atoms with Crippen molar-refractivity contribution >= 4 is 5.78 Å². The average molecular weight is 216 g/mol. The molecule has 0 heterocycles. The molecular weight excluding hydrogens is 192 g/mol. The molecule has 0 N–H and O–H groups in total. The lowest BCUT2D eigenvalue weighted by molar-refractivity contribution is -0.120. The standard InChI is InChI=1S/C12H24O3/c1-12(2,3)7-5-11(13)6-8-15-10-9-14-4/h5-10H2,1-4H3. The summed E-state index contributed by atoms with van der Waals surface area (Å²) in [7, 11) is 1.64. The predicted molar refractivity (Wildman–Crippen MR) is 61.0 cm³/mol. The lowest BCUT2D eigenvalue weighted by atomic mass is 9.89. The molecule has 90 valence electrons. The number of hydrogen-bond donors (Lipinski definition) is 0. The van der Waals surface area contributed by atoms with Gasteiger partial charge in [0.25, 0.3) is 0 Å². The van der Waals surface area contributed by atoms with E-state index >= 15 is 0 Å². The van der Waals surface area contributed by atoms with E-state index in [1.54, 1.807) is 7.11 Å². The van der Waals surface area contributed by atoms with Crippen LogP contribution >= 0.6 is 0 Å². The van der Waals surface area contributed by atoms with Crippen LogP contribution < -0.4 is 0 Å². The second-order valence-electron chi connectivity index (χ2n) is 4.95. The first kappa shape index (κ1) is 14.6. The maximum atomic E-state index is 11.4. The molecule has 0 unspecified atom stereocenters. The molecule has 3 heteroatoms. The van der Waals surface area contributed by atoms with E-state index in [-0.39, 0.29) is 5.41 Å². The van der Waals surface area contributed by atoms with Gasteiger partial charge in [0.1, 0.15) is 5.78 Å². The summed E-state index contributed by atoms with van der Waals surface area (Å²) in [5, 5.41) is 0. The fraction of sp³-hybridized carbons (Fsp3) is 0.917. The smallest absolute Gasteiger partial charge is 0.135 e. The number of Topliss-reactive ketones (excluding diaryl/α,β-unsaturated/α-hetero) is 1. The molecule has 3 nitrogen and oxygen atoms in total. The SMILES string of the molecule is COCCOCCC(=O)CCC(C)(C)C. The molecule has 15 heavy (non-hydrogen) atoms. The summed E-state index contributed by atoms with van der Waals surface area (Å²) in [4.78, 5) is 11.4. The first-order valence-electron chi connectivity index (χ1n) is 5.54. The molecule has 0 saturated carbocycles. The maximum absolute atomic E-state index is 11.4. The van der Waals surface area contributed by atoms with E-state index < -0.39 is 0 Å². The number of ketones is 1. The molecule has 0 aliphatic rings. The minimum absolute atomic E-state index is 0.243. The van der Waals surface area contributed by atoms with Crippen molar-refractivity contribution in [1.29, 1.82) is 0 Å². The second kappa shape index (κ2) is 7.83. The van der Waals surface area contributed by atoms with Crippen molar-refractivity contribution in [2.24, 2.45) is 5.41 Å². The highest BCUT2D eigenvalue weighted by atomic mass is 16.5. The van der Waals surface area contributed by atoms with Crippen LogP contribution in [0.25, 0.3) is 0 Å². The average Bonchev–Trinajstić information content (AvgIpc) is 2.13. The summed E-state index contributed by atoms with van der Waals surface area (Å²) < 4.78 is 10.1. The first-order valence-corrected chi connectivity index (χ1v) is 5.54. The monoisotopic (exact) mass is 216 g/mol. The zero-order valence-electron chi connectivity index (χ0n) is 10.5. The Hall–Kier alpha value is -0.410. The van der Waals surface area contributed by atoms with Gasteiger partial charge in [-0.15, -0.1) is 0 Å². The van der Waals surface area contributed by atoms with Crippen LogP contribution in [0.5, 0.6) is 0 Å². The van der Waals surface area contributed by atoms with Crippen LogP contribution in [0.2, 0.25) is 0 Å². The van der Waals surface area contributed by atoms with E-state index in [0.717, 1.165) is 6.42 Å². The Morgan fingerprint density at radius 2 is 1.73 bits per heavy atom. The summed E-state index contributed by atoms with van der Waals surface area (Å²) >= 11 is 0. The molecule has 0 aromatic rings. The van der Waals surface area contributed by atoms with Crippen LogP contribution in [0.1, 0.15) is 40.0 Å². The van der Waals surface area contributed by atoms with Gasteiger partial charge in [-0.3, -0.25) is 4.79 Å². The van der Waals surface area contributed by atoms with Crippen LogP contribution in [0.4, 0.5) is 0 Å². The molecule has 0 radical (unpaired) electrons. The fourth-order valence-corrected chi connectivity index (χ4v) is 1.07. The van der Waals surface area contributed by atoms with E-state index in [0.29, 0.717) is 38.4 Å². The highest BCUT2D eigenvalue weighted by Gasteiger charge is 2.12. The van der Waals surface area contributed by atoms with Gasteiger partial charge in [0, 0.05) is 20.0 Å². The predicted octanol–water partition coefficient (Wildman–Crippen LogP) is 2.43. The largest absolute Gasteiger partial charge is 0.382 e. The van der Waals surface area contributed by atoms with E-state index in [2.05, 4.69) is 20.8 Å². The van der Waals surface area contributed by atoms with Gasteiger partial charge in [0.15, 0.2) is 0 Å². The number of carbonyl (C=O) groups is 1.